The highest BCUT2D eigenvalue weighted by Gasteiger charge is 2.12. The number of carboxylic acids is 1. The smallest absolute Gasteiger partial charge is 0.335 e. The van der Waals surface area contributed by atoms with Crippen molar-refractivity contribution in [1.29, 1.82) is 5.26 Å². The molecule has 28 heavy (non-hydrogen) atoms. The Bertz CT molecular complexity index is 956. The number of ether oxygens (including phenoxy) is 2. The summed E-state index contributed by atoms with van der Waals surface area (Å²) in [7, 11) is 1.49. The van der Waals surface area contributed by atoms with E-state index in [1.165, 1.54) is 37.5 Å². The van der Waals surface area contributed by atoms with Crippen molar-refractivity contribution in [3.05, 3.63) is 71.8 Å². The number of aromatic carboxylic acids is 1. The molecule has 0 aliphatic carbocycles. The van der Waals surface area contributed by atoms with Gasteiger partial charge in [-0.2, -0.15) is 5.26 Å². The van der Waals surface area contributed by atoms with Crippen LogP contribution in [0.25, 0.3) is 6.08 Å². The van der Waals surface area contributed by atoms with Crippen molar-refractivity contribution >= 4 is 23.6 Å². The molecule has 0 aliphatic rings. The SMILES string of the molecule is C=CCOc1ccc(/C=C(\C#N)C(=O)Nc2ccc(C(=O)O)cc2)cc1OC. The van der Waals surface area contributed by atoms with E-state index in [4.69, 9.17) is 14.6 Å². The summed E-state index contributed by atoms with van der Waals surface area (Å²) >= 11 is 0. The molecule has 142 valence electrons. The van der Waals surface area contributed by atoms with Crippen molar-refractivity contribution in [2.24, 2.45) is 0 Å². The maximum atomic E-state index is 12.3. The third kappa shape index (κ3) is 5.22. The van der Waals surface area contributed by atoms with Crippen LogP contribution in [0.1, 0.15) is 15.9 Å². The number of nitriles is 1. The summed E-state index contributed by atoms with van der Waals surface area (Å²) in [6.45, 7) is 3.90. The van der Waals surface area contributed by atoms with Crippen LogP contribution in [0.3, 0.4) is 0 Å². The van der Waals surface area contributed by atoms with Crippen molar-refractivity contribution in [3.63, 3.8) is 0 Å². The second kappa shape index (κ2) is 9.59. The Morgan fingerprint density at radius 2 is 1.93 bits per heavy atom. The minimum atomic E-state index is -1.06. The highest BCUT2D eigenvalue weighted by molar-refractivity contribution is 6.09. The van der Waals surface area contributed by atoms with E-state index in [1.807, 2.05) is 6.07 Å². The van der Waals surface area contributed by atoms with E-state index in [9.17, 15) is 14.9 Å². The minimum Gasteiger partial charge on any atom is -0.493 e. The number of carbonyl (C=O) groups is 2. The first-order chi connectivity index (χ1) is 13.5. The largest absolute Gasteiger partial charge is 0.493 e. The molecule has 0 spiro atoms. The van der Waals surface area contributed by atoms with Gasteiger partial charge in [-0.15, -0.1) is 0 Å². The number of hydrogen-bond donors (Lipinski definition) is 2. The third-order valence-corrected chi connectivity index (χ3v) is 3.61. The molecule has 2 rings (SSSR count). The van der Waals surface area contributed by atoms with Crippen LogP contribution in [0.2, 0.25) is 0 Å². The number of methoxy groups -OCH3 is 1. The first-order valence-corrected chi connectivity index (χ1v) is 8.16. The van der Waals surface area contributed by atoms with E-state index >= 15 is 0 Å². The van der Waals surface area contributed by atoms with E-state index in [1.54, 1.807) is 24.3 Å². The van der Waals surface area contributed by atoms with Gasteiger partial charge < -0.3 is 19.9 Å². The summed E-state index contributed by atoms with van der Waals surface area (Å²) in [5, 5.41) is 20.8. The number of carbonyl (C=O) groups excluding carboxylic acids is 1. The fourth-order valence-corrected chi connectivity index (χ4v) is 2.25. The van der Waals surface area contributed by atoms with E-state index in [2.05, 4.69) is 11.9 Å². The fraction of sp³-hybridized carbons (Fsp3) is 0.0952. The zero-order chi connectivity index (χ0) is 20.5. The van der Waals surface area contributed by atoms with Crippen molar-refractivity contribution in [3.8, 4) is 17.6 Å². The van der Waals surface area contributed by atoms with Gasteiger partial charge in [-0.05, 0) is 48.0 Å². The first kappa shape index (κ1) is 20.3. The molecule has 0 saturated carbocycles. The summed E-state index contributed by atoms with van der Waals surface area (Å²) in [6, 6.07) is 12.5. The van der Waals surface area contributed by atoms with Gasteiger partial charge in [0.05, 0.1) is 12.7 Å². The Kier molecular flexibility index (Phi) is 6.94. The molecule has 2 aromatic carbocycles. The molecule has 0 unspecified atom stereocenters. The average Bonchev–Trinajstić information content (AvgIpc) is 2.71. The number of nitrogens with zero attached hydrogens (tertiary/aromatic N) is 1. The van der Waals surface area contributed by atoms with Crippen molar-refractivity contribution in [2.45, 2.75) is 0 Å². The lowest BCUT2D eigenvalue weighted by molar-refractivity contribution is -0.112. The molecule has 2 aromatic rings. The van der Waals surface area contributed by atoms with Gasteiger partial charge in [-0.3, -0.25) is 4.79 Å². The lowest BCUT2D eigenvalue weighted by atomic mass is 10.1. The number of hydrogen-bond acceptors (Lipinski definition) is 5. The summed E-state index contributed by atoms with van der Waals surface area (Å²) in [5.41, 5.74) is 0.932. The minimum absolute atomic E-state index is 0.0971. The number of amides is 1. The average molecular weight is 378 g/mol. The van der Waals surface area contributed by atoms with E-state index in [0.29, 0.717) is 29.4 Å². The van der Waals surface area contributed by atoms with Gasteiger partial charge in [0, 0.05) is 5.69 Å². The maximum Gasteiger partial charge on any atom is 0.335 e. The zero-order valence-corrected chi connectivity index (χ0v) is 15.1. The van der Waals surface area contributed by atoms with Gasteiger partial charge in [-0.25, -0.2) is 4.79 Å². The Morgan fingerprint density at radius 1 is 1.21 bits per heavy atom. The Hall–Kier alpha value is -4.05. The number of anilines is 1. The highest BCUT2D eigenvalue weighted by atomic mass is 16.5. The van der Waals surface area contributed by atoms with E-state index in [0.717, 1.165) is 0 Å². The predicted molar refractivity (Wildman–Crippen MR) is 104 cm³/mol. The molecule has 0 aromatic heterocycles. The first-order valence-electron chi connectivity index (χ1n) is 8.16. The normalized spacial score (nSPS) is 10.5. The summed E-state index contributed by atoms with van der Waals surface area (Å²) in [6.07, 6.45) is 3.02. The van der Waals surface area contributed by atoms with Gasteiger partial charge in [0.1, 0.15) is 18.2 Å². The summed E-state index contributed by atoms with van der Waals surface area (Å²) in [5.74, 6) is -0.708. The Labute approximate surface area is 162 Å². The molecule has 0 radical (unpaired) electrons. The Morgan fingerprint density at radius 3 is 2.50 bits per heavy atom. The lowest BCUT2D eigenvalue weighted by Crippen LogP contribution is -2.13. The molecule has 2 N–H and O–H groups in total. The van der Waals surface area contributed by atoms with Crippen LogP contribution in [-0.4, -0.2) is 30.7 Å². The highest BCUT2D eigenvalue weighted by Crippen LogP contribution is 2.29. The van der Waals surface area contributed by atoms with Gasteiger partial charge >= 0.3 is 5.97 Å². The Balaban J connectivity index is 2.20. The van der Waals surface area contributed by atoms with E-state index < -0.39 is 11.9 Å². The predicted octanol–water partition coefficient (Wildman–Crippen LogP) is 3.50. The van der Waals surface area contributed by atoms with Crippen LogP contribution in [0.4, 0.5) is 5.69 Å². The molecule has 0 bridgehead atoms. The third-order valence-electron chi connectivity index (χ3n) is 3.61. The molecule has 0 aliphatic heterocycles. The monoisotopic (exact) mass is 378 g/mol. The summed E-state index contributed by atoms with van der Waals surface area (Å²) < 4.78 is 10.7. The quantitative estimate of drug-likeness (QED) is 0.413. The van der Waals surface area contributed by atoms with Gasteiger partial charge in [0.15, 0.2) is 11.5 Å². The molecule has 0 heterocycles. The second-order valence-corrected chi connectivity index (χ2v) is 5.52. The standard InChI is InChI=1S/C21H18N2O5/c1-3-10-28-18-9-4-14(12-19(18)27-2)11-16(13-22)20(24)23-17-7-5-15(6-8-17)21(25)26/h3-9,11-12H,1,10H2,2H3,(H,23,24)(H,25,26)/b16-11+. The maximum absolute atomic E-state index is 12.3. The molecule has 1 amide bonds. The summed E-state index contributed by atoms with van der Waals surface area (Å²) in [4.78, 5) is 23.2. The van der Waals surface area contributed by atoms with Gasteiger partial charge in [0.2, 0.25) is 0 Å². The number of nitrogens with one attached hydrogen (secondary N) is 1. The van der Waals surface area contributed by atoms with Crippen LogP contribution >= 0.6 is 0 Å². The molecular weight excluding hydrogens is 360 g/mol. The molecule has 7 heteroatoms. The second-order valence-electron chi connectivity index (χ2n) is 5.52. The van der Waals surface area contributed by atoms with Gasteiger partial charge in [0.25, 0.3) is 5.91 Å². The lowest BCUT2D eigenvalue weighted by Gasteiger charge is -2.10. The van der Waals surface area contributed by atoms with Gasteiger partial charge in [-0.1, -0.05) is 18.7 Å². The molecule has 0 atom stereocenters. The van der Waals surface area contributed by atoms with E-state index in [-0.39, 0.29) is 11.1 Å². The van der Waals surface area contributed by atoms with Crippen LogP contribution in [0.5, 0.6) is 11.5 Å². The van der Waals surface area contributed by atoms with Crippen molar-refractivity contribution in [1.82, 2.24) is 0 Å². The molecule has 7 nitrogen and oxygen atoms in total. The molecular formula is C21H18N2O5. The van der Waals surface area contributed by atoms with Crippen molar-refractivity contribution < 1.29 is 24.2 Å². The van der Waals surface area contributed by atoms with Crippen LogP contribution in [0.15, 0.2) is 60.7 Å². The zero-order valence-electron chi connectivity index (χ0n) is 15.1. The number of carboxylic acid groups (broad SMARTS) is 1. The van der Waals surface area contributed by atoms with Crippen LogP contribution in [0, 0.1) is 11.3 Å². The number of benzene rings is 2. The molecule has 0 fully saturated rings. The topological polar surface area (TPSA) is 109 Å². The molecule has 0 saturated heterocycles. The van der Waals surface area contributed by atoms with Crippen molar-refractivity contribution in [2.75, 3.05) is 19.0 Å². The fourth-order valence-electron chi connectivity index (χ4n) is 2.25. The number of rotatable bonds is 8. The van der Waals surface area contributed by atoms with Crippen LogP contribution < -0.4 is 14.8 Å². The van der Waals surface area contributed by atoms with Crippen LogP contribution in [-0.2, 0) is 4.79 Å².